The Balaban J connectivity index is 1.90. The van der Waals surface area contributed by atoms with E-state index < -0.39 is 5.76 Å². The van der Waals surface area contributed by atoms with Crippen LogP contribution in [0.3, 0.4) is 0 Å². The maximum Gasteiger partial charge on any atom is 0.437 e. The molecule has 0 N–H and O–H groups in total. The summed E-state index contributed by atoms with van der Waals surface area (Å²) in [6.45, 7) is 0.212. The number of hydrogen-bond acceptors (Lipinski definition) is 4. The number of benzene rings is 1. The van der Waals surface area contributed by atoms with Crippen LogP contribution in [-0.2, 0) is 6.54 Å². The van der Waals surface area contributed by atoms with E-state index in [1.807, 2.05) is 0 Å². The summed E-state index contributed by atoms with van der Waals surface area (Å²) in [6.07, 6.45) is 1.47. The molecule has 0 aliphatic heterocycles. The number of furan rings is 1. The van der Waals surface area contributed by atoms with Crippen LogP contribution in [0.25, 0.3) is 11.7 Å². The van der Waals surface area contributed by atoms with Crippen LogP contribution >= 0.6 is 0 Å². The molecule has 0 amide bonds. The topological polar surface area (TPSA) is 61.2 Å². The van der Waals surface area contributed by atoms with Crippen molar-refractivity contribution in [2.75, 3.05) is 0 Å². The van der Waals surface area contributed by atoms with Gasteiger partial charge in [-0.25, -0.2) is 9.18 Å². The first-order valence-corrected chi connectivity index (χ1v) is 5.58. The quantitative estimate of drug-likeness (QED) is 0.724. The van der Waals surface area contributed by atoms with Gasteiger partial charge in [0.05, 0.1) is 12.8 Å². The Morgan fingerprint density at radius 1 is 1.21 bits per heavy atom. The zero-order valence-corrected chi connectivity index (χ0v) is 9.75. The molecule has 0 atom stereocenters. The van der Waals surface area contributed by atoms with E-state index in [2.05, 4.69) is 5.10 Å². The van der Waals surface area contributed by atoms with Gasteiger partial charge in [-0.1, -0.05) is 12.1 Å². The molecule has 0 saturated heterocycles. The molecule has 0 unspecified atom stereocenters. The average Bonchev–Trinajstić information content (AvgIpc) is 3.03. The highest BCUT2D eigenvalue weighted by atomic mass is 19.1. The van der Waals surface area contributed by atoms with Gasteiger partial charge < -0.3 is 8.83 Å². The third kappa shape index (κ3) is 2.33. The van der Waals surface area contributed by atoms with Crippen molar-refractivity contribution in [2.24, 2.45) is 0 Å². The monoisotopic (exact) mass is 260 g/mol. The first-order chi connectivity index (χ1) is 9.22. The zero-order valence-electron chi connectivity index (χ0n) is 9.75. The lowest BCUT2D eigenvalue weighted by Gasteiger charge is -1.98. The van der Waals surface area contributed by atoms with Crippen LogP contribution in [0, 0.1) is 5.82 Å². The number of nitrogens with zero attached hydrogens (tertiary/aromatic N) is 2. The van der Waals surface area contributed by atoms with Crippen LogP contribution in [-0.4, -0.2) is 9.78 Å². The summed E-state index contributed by atoms with van der Waals surface area (Å²) in [5, 5.41) is 4.02. The molecule has 0 saturated carbocycles. The fourth-order valence-corrected chi connectivity index (χ4v) is 1.67. The second-order valence-corrected chi connectivity index (χ2v) is 3.93. The Morgan fingerprint density at radius 3 is 2.68 bits per heavy atom. The van der Waals surface area contributed by atoms with Crippen LogP contribution in [0.2, 0.25) is 0 Å². The SMILES string of the molecule is O=c1oc(-c2ccco2)nn1Cc1ccc(F)cc1. The zero-order chi connectivity index (χ0) is 13.2. The molecule has 1 aromatic carbocycles. The van der Waals surface area contributed by atoms with E-state index in [1.165, 1.54) is 18.4 Å². The number of halogens is 1. The average molecular weight is 260 g/mol. The van der Waals surface area contributed by atoms with Gasteiger partial charge >= 0.3 is 5.76 Å². The lowest BCUT2D eigenvalue weighted by atomic mass is 10.2. The van der Waals surface area contributed by atoms with Crippen molar-refractivity contribution in [1.82, 2.24) is 9.78 Å². The number of aromatic nitrogens is 2. The molecule has 0 spiro atoms. The van der Waals surface area contributed by atoms with Crippen molar-refractivity contribution >= 4 is 0 Å². The van der Waals surface area contributed by atoms with E-state index in [1.54, 1.807) is 24.3 Å². The molecule has 19 heavy (non-hydrogen) atoms. The molecule has 3 rings (SSSR count). The minimum absolute atomic E-state index is 0.122. The maximum absolute atomic E-state index is 12.8. The maximum atomic E-state index is 12.8. The van der Waals surface area contributed by atoms with Crippen LogP contribution in [0.15, 0.2) is 56.3 Å². The highest BCUT2D eigenvalue weighted by Crippen LogP contribution is 2.15. The summed E-state index contributed by atoms with van der Waals surface area (Å²) in [5.41, 5.74) is 0.753. The van der Waals surface area contributed by atoms with Gasteiger partial charge in [-0.05, 0) is 29.8 Å². The molecular weight excluding hydrogens is 251 g/mol. The predicted molar refractivity (Wildman–Crippen MR) is 64.0 cm³/mol. The van der Waals surface area contributed by atoms with E-state index in [9.17, 15) is 9.18 Å². The van der Waals surface area contributed by atoms with Gasteiger partial charge in [-0.15, -0.1) is 5.10 Å². The largest absolute Gasteiger partial charge is 0.459 e. The van der Waals surface area contributed by atoms with E-state index in [-0.39, 0.29) is 18.3 Å². The first kappa shape index (κ1) is 11.5. The van der Waals surface area contributed by atoms with Crippen LogP contribution in [0.4, 0.5) is 4.39 Å². The Morgan fingerprint density at radius 2 is 2.00 bits per heavy atom. The van der Waals surface area contributed by atoms with E-state index >= 15 is 0 Å². The summed E-state index contributed by atoms with van der Waals surface area (Å²) >= 11 is 0. The normalized spacial score (nSPS) is 10.8. The lowest BCUT2D eigenvalue weighted by Crippen LogP contribution is -2.16. The Hall–Kier alpha value is -2.63. The van der Waals surface area contributed by atoms with Gasteiger partial charge in [0.25, 0.3) is 5.89 Å². The Bertz CT molecular complexity index is 726. The molecule has 0 radical (unpaired) electrons. The Labute approximate surface area is 106 Å². The summed E-state index contributed by atoms with van der Waals surface area (Å²) in [7, 11) is 0. The molecule has 0 bridgehead atoms. The van der Waals surface area contributed by atoms with Crippen molar-refractivity contribution in [3.05, 3.63) is 64.6 Å². The van der Waals surface area contributed by atoms with Crippen molar-refractivity contribution in [3.8, 4) is 11.7 Å². The van der Waals surface area contributed by atoms with Crippen molar-refractivity contribution in [2.45, 2.75) is 6.54 Å². The smallest absolute Gasteiger partial charge is 0.437 e. The fourth-order valence-electron chi connectivity index (χ4n) is 1.67. The fraction of sp³-hybridized carbons (Fsp3) is 0.0769. The molecule has 0 aliphatic carbocycles. The predicted octanol–water partition coefficient (Wildman–Crippen LogP) is 2.28. The highest BCUT2D eigenvalue weighted by molar-refractivity contribution is 5.42. The van der Waals surface area contributed by atoms with E-state index in [4.69, 9.17) is 8.83 Å². The van der Waals surface area contributed by atoms with Crippen LogP contribution in [0.1, 0.15) is 5.56 Å². The van der Waals surface area contributed by atoms with Crippen LogP contribution < -0.4 is 5.76 Å². The van der Waals surface area contributed by atoms with Gasteiger partial charge in [0.2, 0.25) is 0 Å². The molecule has 3 aromatic rings. The summed E-state index contributed by atoms with van der Waals surface area (Å²) in [5.74, 6) is -0.407. The highest BCUT2D eigenvalue weighted by Gasteiger charge is 2.12. The minimum Gasteiger partial charge on any atom is -0.459 e. The van der Waals surface area contributed by atoms with Crippen LogP contribution in [0.5, 0.6) is 0 Å². The van der Waals surface area contributed by atoms with Gasteiger partial charge in [0, 0.05) is 0 Å². The van der Waals surface area contributed by atoms with Crippen molar-refractivity contribution in [3.63, 3.8) is 0 Å². The standard InChI is InChI=1S/C13H9FN2O3/c14-10-5-3-9(4-6-10)8-16-13(17)19-12(15-16)11-2-1-7-18-11/h1-7H,8H2. The summed E-state index contributed by atoms with van der Waals surface area (Å²) in [6, 6.07) is 9.15. The van der Waals surface area contributed by atoms with Gasteiger partial charge in [-0.2, -0.15) is 4.68 Å². The Kier molecular flexibility index (Phi) is 2.75. The second kappa shape index (κ2) is 4.56. The molecule has 0 aliphatic rings. The van der Waals surface area contributed by atoms with Gasteiger partial charge in [0.15, 0.2) is 5.76 Å². The first-order valence-electron chi connectivity index (χ1n) is 5.58. The third-order valence-corrected chi connectivity index (χ3v) is 2.58. The number of rotatable bonds is 3. The van der Waals surface area contributed by atoms with E-state index in [0.29, 0.717) is 5.76 Å². The molecule has 5 nitrogen and oxygen atoms in total. The number of hydrogen-bond donors (Lipinski definition) is 0. The van der Waals surface area contributed by atoms with Gasteiger partial charge in [-0.3, -0.25) is 0 Å². The van der Waals surface area contributed by atoms with E-state index in [0.717, 1.165) is 10.2 Å². The molecule has 96 valence electrons. The van der Waals surface area contributed by atoms with Gasteiger partial charge in [0.1, 0.15) is 5.82 Å². The molecule has 0 fully saturated rings. The van der Waals surface area contributed by atoms with Crippen molar-refractivity contribution < 1.29 is 13.2 Å². The molecule has 2 heterocycles. The lowest BCUT2D eigenvalue weighted by molar-refractivity contribution is 0.476. The molecule has 2 aromatic heterocycles. The molecule has 6 heteroatoms. The second-order valence-electron chi connectivity index (χ2n) is 3.93. The summed E-state index contributed by atoms with van der Waals surface area (Å²) < 4.78 is 24.0. The van der Waals surface area contributed by atoms with Crippen molar-refractivity contribution in [1.29, 1.82) is 0 Å². The third-order valence-electron chi connectivity index (χ3n) is 2.58. The molecular formula is C13H9FN2O3. The minimum atomic E-state index is -0.587. The summed E-state index contributed by atoms with van der Waals surface area (Å²) in [4.78, 5) is 11.6.